The predicted molar refractivity (Wildman–Crippen MR) is 111 cm³/mol. The second-order valence-electron chi connectivity index (χ2n) is 9.19. The molecule has 30 heavy (non-hydrogen) atoms. The van der Waals surface area contributed by atoms with E-state index in [1.165, 1.54) is 24.3 Å². The summed E-state index contributed by atoms with van der Waals surface area (Å²) in [5.41, 5.74) is 2.89. The molecule has 1 amide bonds. The molecular weight excluding hydrogens is 385 g/mol. The Labute approximate surface area is 174 Å². The zero-order valence-electron chi connectivity index (χ0n) is 17.4. The zero-order chi connectivity index (χ0) is 21.5. The number of nitrogens with zero attached hydrogens (tertiary/aromatic N) is 2. The molecule has 3 aromatic rings. The van der Waals surface area contributed by atoms with Crippen LogP contribution in [0.2, 0.25) is 0 Å². The van der Waals surface area contributed by atoms with Crippen LogP contribution in [-0.2, 0) is 6.42 Å². The lowest BCUT2D eigenvalue weighted by Gasteiger charge is -2.17. The highest BCUT2D eigenvalue weighted by Crippen LogP contribution is 2.41. The third kappa shape index (κ3) is 4.51. The largest absolute Gasteiger partial charge is 0.387 e. The minimum Gasteiger partial charge on any atom is -0.387 e. The molecule has 158 valence electrons. The van der Waals surface area contributed by atoms with Crippen LogP contribution in [0.5, 0.6) is 0 Å². The van der Waals surface area contributed by atoms with Gasteiger partial charge in [0, 0.05) is 18.2 Å². The fraction of sp³-hybridized carbons (Fsp3) is 0.435. The van der Waals surface area contributed by atoms with Crippen molar-refractivity contribution in [1.82, 2.24) is 15.5 Å². The number of aliphatic hydroxyl groups excluding tert-OH is 1. The minimum absolute atomic E-state index is 0.00687. The average molecular weight is 411 g/mol. The molecule has 6 nitrogen and oxygen atoms in total. The first kappa shape index (κ1) is 20.5. The van der Waals surface area contributed by atoms with E-state index in [1.807, 2.05) is 6.07 Å². The molecule has 1 atom stereocenters. The van der Waals surface area contributed by atoms with E-state index in [9.17, 15) is 14.3 Å². The predicted octanol–water partition coefficient (Wildman–Crippen LogP) is 4.29. The van der Waals surface area contributed by atoms with E-state index >= 15 is 0 Å². The SMILES string of the molecule is CC(C)(C)Cc1noc2nc(C3CC3)cc(C(=O)NCC(O)c3ccc(F)cc3)c12. The molecule has 2 heterocycles. The van der Waals surface area contributed by atoms with Crippen LogP contribution in [0.1, 0.15) is 72.9 Å². The first-order valence-electron chi connectivity index (χ1n) is 10.2. The van der Waals surface area contributed by atoms with Gasteiger partial charge in [0.2, 0.25) is 0 Å². The van der Waals surface area contributed by atoms with Crippen LogP contribution >= 0.6 is 0 Å². The molecule has 7 heteroatoms. The maximum Gasteiger partial charge on any atom is 0.259 e. The van der Waals surface area contributed by atoms with Gasteiger partial charge in [-0.05, 0) is 48.4 Å². The van der Waals surface area contributed by atoms with Crippen LogP contribution < -0.4 is 5.32 Å². The van der Waals surface area contributed by atoms with Gasteiger partial charge < -0.3 is 14.9 Å². The third-order valence-corrected chi connectivity index (χ3v) is 5.19. The Kier molecular flexibility index (Phi) is 5.32. The Hall–Kier alpha value is -2.80. The van der Waals surface area contributed by atoms with Gasteiger partial charge in [0.1, 0.15) is 5.82 Å². The van der Waals surface area contributed by atoms with Crippen LogP contribution in [0.15, 0.2) is 34.9 Å². The van der Waals surface area contributed by atoms with Crippen molar-refractivity contribution in [3.63, 3.8) is 0 Å². The third-order valence-electron chi connectivity index (χ3n) is 5.19. The highest BCUT2D eigenvalue weighted by Gasteiger charge is 2.30. The van der Waals surface area contributed by atoms with E-state index < -0.39 is 6.10 Å². The summed E-state index contributed by atoms with van der Waals surface area (Å²) in [7, 11) is 0. The maximum absolute atomic E-state index is 13.1. The average Bonchev–Trinajstić information content (AvgIpc) is 3.47. The van der Waals surface area contributed by atoms with Crippen LogP contribution in [0.3, 0.4) is 0 Å². The number of fused-ring (bicyclic) bond motifs is 1. The molecule has 2 aromatic heterocycles. The number of carbonyl (C=O) groups excluding carboxylic acids is 1. The van der Waals surface area contributed by atoms with Gasteiger partial charge in [0.25, 0.3) is 11.6 Å². The Morgan fingerprint density at radius 2 is 2.00 bits per heavy atom. The maximum atomic E-state index is 13.1. The van der Waals surface area contributed by atoms with Crippen molar-refractivity contribution in [2.45, 2.75) is 52.1 Å². The Morgan fingerprint density at radius 1 is 1.30 bits per heavy atom. The van der Waals surface area contributed by atoms with Gasteiger partial charge in [-0.15, -0.1) is 0 Å². The summed E-state index contributed by atoms with van der Waals surface area (Å²) in [4.78, 5) is 17.7. The molecule has 1 aliphatic carbocycles. The molecule has 0 radical (unpaired) electrons. The summed E-state index contributed by atoms with van der Waals surface area (Å²) < 4.78 is 18.6. The summed E-state index contributed by atoms with van der Waals surface area (Å²) in [6.45, 7) is 6.29. The van der Waals surface area contributed by atoms with Crippen molar-refractivity contribution in [2.24, 2.45) is 5.41 Å². The molecule has 0 spiro atoms. The van der Waals surface area contributed by atoms with E-state index in [4.69, 9.17) is 4.52 Å². The number of hydrogen-bond acceptors (Lipinski definition) is 5. The highest BCUT2D eigenvalue weighted by molar-refractivity contribution is 6.06. The molecule has 1 unspecified atom stereocenters. The molecule has 1 aliphatic rings. The van der Waals surface area contributed by atoms with Crippen molar-refractivity contribution in [3.05, 3.63) is 58.7 Å². The number of benzene rings is 1. The number of rotatable bonds is 6. The monoisotopic (exact) mass is 411 g/mol. The van der Waals surface area contributed by atoms with Crippen LogP contribution in [0.4, 0.5) is 4.39 Å². The molecule has 2 N–H and O–H groups in total. The number of carbonyl (C=O) groups is 1. The van der Waals surface area contributed by atoms with Gasteiger partial charge in [0.05, 0.1) is 22.7 Å². The number of pyridine rings is 1. The lowest BCUT2D eigenvalue weighted by Crippen LogP contribution is -2.29. The summed E-state index contributed by atoms with van der Waals surface area (Å²) in [5, 5.41) is 18.0. The van der Waals surface area contributed by atoms with E-state index in [-0.39, 0.29) is 23.7 Å². The number of aromatic nitrogens is 2. The van der Waals surface area contributed by atoms with Gasteiger partial charge in [0.15, 0.2) is 0 Å². The van der Waals surface area contributed by atoms with Crippen molar-refractivity contribution in [1.29, 1.82) is 0 Å². The van der Waals surface area contributed by atoms with Gasteiger partial charge >= 0.3 is 0 Å². The Morgan fingerprint density at radius 3 is 2.63 bits per heavy atom. The molecule has 0 aliphatic heterocycles. The van der Waals surface area contributed by atoms with Crippen LogP contribution in [-0.4, -0.2) is 27.7 Å². The number of halogens is 1. The van der Waals surface area contributed by atoms with Crippen LogP contribution in [0, 0.1) is 11.2 Å². The molecule has 1 saturated carbocycles. The highest BCUT2D eigenvalue weighted by atomic mass is 19.1. The first-order chi connectivity index (χ1) is 14.2. The molecule has 0 bridgehead atoms. The van der Waals surface area contributed by atoms with E-state index in [1.54, 1.807) is 0 Å². The normalized spacial score (nSPS) is 15.4. The van der Waals surface area contributed by atoms with Gasteiger partial charge in [-0.25, -0.2) is 9.37 Å². The fourth-order valence-corrected chi connectivity index (χ4v) is 3.51. The second-order valence-corrected chi connectivity index (χ2v) is 9.19. The summed E-state index contributed by atoms with van der Waals surface area (Å²) >= 11 is 0. The molecule has 1 fully saturated rings. The van der Waals surface area contributed by atoms with E-state index in [0.717, 1.165) is 18.5 Å². The van der Waals surface area contributed by atoms with Gasteiger partial charge in [-0.1, -0.05) is 38.1 Å². The number of aliphatic hydroxyl groups is 1. The van der Waals surface area contributed by atoms with Crippen molar-refractivity contribution < 1.29 is 18.8 Å². The number of amides is 1. The first-order valence-corrected chi connectivity index (χ1v) is 10.2. The Balaban J connectivity index is 1.61. The smallest absolute Gasteiger partial charge is 0.259 e. The Bertz CT molecular complexity index is 1070. The van der Waals surface area contributed by atoms with Gasteiger partial charge in [-0.3, -0.25) is 4.79 Å². The zero-order valence-corrected chi connectivity index (χ0v) is 17.4. The molecule has 4 rings (SSSR count). The van der Waals surface area contributed by atoms with Crippen molar-refractivity contribution in [3.8, 4) is 0 Å². The second kappa shape index (κ2) is 7.80. The standard InChI is InChI=1S/C23H26FN3O3/c1-23(2,3)11-18-20-16(10-17(13-4-5-13)26-22(20)30-27-18)21(29)25-12-19(28)14-6-8-15(24)9-7-14/h6-10,13,19,28H,4-5,11-12H2,1-3H3,(H,25,29). The van der Waals surface area contributed by atoms with Crippen LogP contribution in [0.25, 0.3) is 11.1 Å². The quantitative estimate of drug-likeness (QED) is 0.632. The van der Waals surface area contributed by atoms with Gasteiger partial charge in [-0.2, -0.15) is 0 Å². The van der Waals surface area contributed by atoms with E-state index in [0.29, 0.717) is 40.3 Å². The van der Waals surface area contributed by atoms with Crippen molar-refractivity contribution >= 4 is 17.0 Å². The minimum atomic E-state index is -0.939. The lowest BCUT2D eigenvalue weighted by atomic mass is 9.89. The summed E-state index contributed by atoms with van der Waals surface area (Å²) in [6, 6.07) is 7.39. The summed E-state index contributed by atoms with van der Waals surface area (Å²) in [6.07, 6.45) is 1.80. The number of hydrogen-bond donors (Lipinski definition) is 2. The summed E-state index contributed by atoms with van der Waals surface area (Å²) in [5.74, 6) is -0.341. The molecule has 1 aromatic carbocycles. The lowest BCUT2D eigenvalue weighted by molar-refractivity contribution is 0.0917. The van der Waals surface area contributed by atoms with Crippen molar-refractivity contribution in [2.75, 3.05) is 6.54 Å². The molecular formula is C23H26FN3O3. The van der Waals surface area contributed by atoms with E-state index in [2.05, 4.69) is 36.2 Å². The topological polar surface area (TPSA) is 88.2 Å². The fourth-order valence-electron chi connectivity index (χ4n) is 3.51. The number of nitrogens with one attached hydrogen (secondary N) is 1. The molecule has 0 saturated heterocycles.